The van der Waals surface area contributed by atoms with Crippen molar-refractivity contribution in [1.82, 2.24) is 0 Å². The van der Waals surface area contributed by atoms with Crippen molar-refractivity contribution < 1.29 is 13.2 Å². The number of hydrogen-bond acceptors (Lipinski definition) is 2. The van der Waals surface area contributed by atoms with E-state index in [1.807, 2.05) is 0 Å². The second-order valence-electron chi connectivity index (χ2n) is 10.9. The van der Waals surface area contributed by atoms with E-state index in [9.17, 15) is 13.2 Å². The molecule has 0 spiro atoms. The van der Waals surface area contributed by atoms with Crippen LogP contribution in [0.3, 0.4) is 0 Å². The maximum Gasteiger partial charge on any atom is 0.391 e. The first kappa shape index (κ1) is 34.7. The van der Waals surface area contributed by atoms with Gasteiger partial charge in [0, 0.05) is 0 Å². The first-order chi connectivity index (χ1) is 17.0. The zero-order valence-corrected chi connectivity index (χ0v) is 23.2. The van der Waals surface area contributed by atoms with Gasteiger partial charge >= 0.3 is 6.18 Å². The summed E-state index contributed by atoms with van der Waals surface area (Å²) in [6, 6.07) is 0. The third-order valence-electron chi connectivity index (χ3n) is 7.48. The summed E-state index contributed by atoms with van der Waals surface area (Å²) >= 11 is 0. The average Bonchev–Trinajstić information content (AvgIpc) is 2.82. The lowest BCUT2D eigenvalue weighted by molar-refractivity contribution is -0.178. The smallest absolute Gasteiger partial charge is 0.330 e. The van der Waals surface area contributed by atoms with Crippen molar-refractivity contribution in [2.24, 2.45) is 17.4 Å². The fourth-order valence-corrected chi connectivity index (χ4v) is 5.08. The largest absolute Gasteiger partial charge is 0.391 e. The van der Waals surface area contributed by atoms with Crippen LogP contribution in [0.5, 0.6) is 0 Å². The third kappa shape index (κ3) is 26.6. The average molecular weight is 507 g/mol. The molecule has 0 radical (unpaired) electrons. The summed E-state index contributed by atoms with van der Waals surface area (Å²) in [6.07, 6.45) is 24.8. The van der Waals surface area contributed by atoms with E-state index in [-0.39, 0.29) is 0 Å². The van der Waals surface area contributed by atoms with Crippen LogP contribution in [0.2, 0.25) is 0 Å². The van der Waals surface area contributed by atoms with E-state index in [2.05, 4.69) is 0 Å². The van der Waals surface area contributed by atoms with Gasteiger partial charge in [-0.15, -0.1) is 0 Å². The highest BCUT2D eigenvalue weighted by Crippen LogP contribution is 2.34. The highest BCUT2D eigenvalue weighted by molar-refractivity contribution is 4.68. The molecule has 0 aliphatic carbocycles. The lowest BCUT2D eigenvalue weighted by atomic mass is 9.93. The van der Waals surface area contributed by atoms with Crippen LogP contribution in [-0.2, 0) is 0 Å². The highest BCUT2D eigenvalue weighted by atomic mass is 19.4. The molecule has 0 fully saturated rings. The third-order valence-corrected chi connectivity index (χ3v) is 7.48. The van der Waals surface area contributed by atoms with Crippen LogP contribution in [0.1, 0.15) is 167 Å². The maximum absolute atomic E-state index is 13.4. The standard InChI is InChI=1S/C30H61F3N2/c31-30(32,33)29(25-21-17-13-9-5-1-3-7-11-15-19-23-27-34)26-22-18-14-10-6-2-4-8-12-16-20-24-28-35/h29H,1-28,34-35H2. The van der Waals surface area contributed by atoms with Crippen molar-refractivity contribution in [3.05, 3.63) is 0 Å². The summed E-state index contributed by atoms with van der Waals surface area (Å²) < 4.78 is 40.2. The second-order valence-corrected chi connectivity index (χ2v) is 10.9. The predicted molar refractivity (Wildman–Crippen MR) is 148 cm³/mol. The minimum Gasteiger partial charge on any atom is -0.330 e. The molecule has 0 atom stereocenters. The van der Waals surface area contributed by atoms with Gasteiger partial charge in [0.1, 0.15) is 0 Å². The predicted octanol–water partition coefficient (Wildman–Crippen LogP) is 10.2. The Morgan fingerprint density at radius 3 is 0.743 bits per heavy atom. The van der Waals surface area contributed by atoms with Crippen LogP contribution in [0, 0.1) is 5.92 Å². The fourth-order valence-electron chi connectivity index (χ4n) is 5.08. The number of nitrogens with two attached hydrogens (primary N) is 2. The Labute approximate surface area is 216 Å². The molecule has 5 heteroatoms. The molecule has 0 rings (SSSR count). The number of unbranched alkanes of at least 4 members (excludes halogenated alkanes) is 22. The number of alkyl halides is 3. The SMILES string of the molecule is NCCCCCCCCCCCCCCC(CCCCCCCCCCCCCCN)C(F)(F)F. The first-order valence-electron chi connectivity index (χ1n) is 15.5. The molecule has 0 aromatic rings. The van der Waals surface area contributed by atoms with Gasteiger partial charge < -0.3 is 11.5 Å². The molecule has 0 saturated heterocycles. The van der Waals surface area contributed by atoms with Gasteiger partial charge in [0.25, 0.3) is 0 Å². The van der Waals surface area contributed by atoms with E-state index in [0.717, 1.165) is 64.5 Å². The monoisotopic (exact) mass is 506 g/mol. The van der Waals surface area contributed by atoms with Crippen LogP contribution >= 0.6 is 0 Å². The lowest BCUT2D eigenvalue weighted by Crippen LogP contribution is -2.22. The van der Waals surface area contributed by atoms with E-state index in [1.165, 1.54) is 103 Å². The van der Waals surface area contributed by atoms with Crippen molar-refractivity contribution in [3.63, 3.8) is 0 Å². The molecule has 0 bridgehead atoms. The zero-order chi connectivity index (χ0) is 25.9. The van der Waals surface area contributed by atoms with Gasteiger partial charge in [-0.3, -0.25) is 0 Å². The van der Waals surface area contributed by atoms with Crippen molar-refractivity contribution in [2.45, 2.75) is 173 Å². The van der Waals surface area contributed by atoms with Gasteiger partial charge in [-0.2, -0.15) is 13.2 Å². The van der Waals surface area contributed by atoms with Crippen molar-refractivity contribution >= 4 is 0 Å². The van der Waals surface area contributed by atoms with Crippen LogP contribution in [0.25, 0.3) is 0 Å². The Kier molecular flexibility index (Phi) is 26.5. The maximum atomic E-state index is 13.4. The van der Waals surface area contributed by atoms with Crippen LogP contribution in [-0.4, -0.2) is 19.3 Å². The van der Waals surface area contributed by atoms with E-state index in [0.29, 0.717) is 12.8 Å². The van der Waals surface area contributed by atoms with E-state index >= 15 is 0 Å². The van der Waals surface area contributed by atoms with Crippen molar-refractivity contribution in [2.75, 3.05) is 13.1 Å². The molecule has 0 aromatic heterocycles. The minimum absolute atomic E-state index is 0.331. The molecule has 0 saturated carbocycles. The summed E-state index contributed by atoms with van der Waals surface area (Å²) in [4.78, 5) is 0. The molecule has 212 valence electrons. The number of rotatable bonds is 28. The molecule has 35 heavy (non-hydrogen) atoms. The Balaban J connectivity index is 3.54. The molecule has 0 aliphatic rings. The lowest BCUT2D eigenvalue weighted by Gasteiger charge is -2.20. The molecule has 2 nitrogen and oxygen atoms in total. The molecular formula is C30H61F3N2. The van der Waals surface area contributed by atoms with Gasteiger partial charge in [0.15, 0.2) is 0 Å². The van der Waals surface area contributed by atoms with Crippen LogP contribution in [0.15, 0.2) is 0 Å². The van der Waals surface area contributed by atoms with Gasteiger partial charge in [-0.25, -0.2) is 0 Å². The fraction of sp³-hybridized carbons (Fsp3) is 1.00. The molecule has 4 N–H and O–H groups in total. The van der Waals surface area contributed by atoms with E-state index in [4.69, 9.17) is 11.5 Å². The van der Waals surface area contributed by atoms with Gasteiger partial charge in [0.2, 0.25) is 0 Å². The molecular weight excluding hydrogens is 445 g/mol. The van der Waals surface area contributed by atoms with Crippen LogP contribution < -0.4 is 11.5 Å². The molecule has 0 aromatic carbocycles. The summed E-state index contributed by atoms with van der Waals surface area (Å²) in [5, 5.41) is 0. The Hall–Kier alpha value is -0.290. The van der Waals surface area contributed by atoms with E-state index in [1.54, 1.807) is 0 Å². The topological polar surface area (TPSA) is 52.0 Å². The quantitative estimate of drug-likeness (QED) is 0.104. The van der Waals surface area contributed by atoms with Gasteiger partial charge in [0.05, 0.1) is 5.92 Å². The molecule has 0 unspecified atom stereocenters. The number of hydrogen-bond donors (Lipinski definition) is 2. The molecule has 0 heterocycles. The Morgan fingerprint density at radius 1 is 0.343 bits per heavy atom. The Bertz CT molecular complexity index is 372. The minimum atomic E-state index is -4.02. The van der Waals surface area contributed by atoms with Crippen molar-refractivity contribution in [1.29, 1.82) is 0 Å². The summed E-state index contributed by atoms with van der Waals surface area (Å²) in [7, 11) is 0. The highest BCUT2D eigenvalue weighted by Gasteiger charge is 2.38. The van der Waals surface area contributed by atoms with Crippen LogP contribution in [0.4, 0.5) is 13.2 Å². The van der Waals surface area contributed by atoms with Gasteiger partial charge in [-0.1, -0.05) is 141 Å². The second kappa shape index (κ2) is 26.8. The molecule has 0 aliphatic heterocycles. The zero-order valence-electron chi connectivity index (χ0n) is 23.2. The summed E-state index contributed by atoms with van der Waals surface area (Å²) in [6.45, 7) is 1.61. The molecule has 0 amide bonds. The summed E-state index contributed by atoms with van der Waals surface area (Å²) in [5.41, 5.74) is 11.0. The van der Waals surface area contributed by atoms with E-state index < -0.39 is 12.1 Å². The number of halogens is 3. The Morgan fingerprint density at radius 2 is 0.543 bits per heavy atom. The van der Waals surface area contributed by atoms with Gasteiger partial charge in [-0.05, 0) is 38.8 Å². The van der Waals surface area contributed by atoms with Crippen molar-refractivity contribution in [3.8, 4) is 0 Å². The summed E-state index contributed by atoms with van der Waals surface area (Å²) in [5.74, 6) is -1.08. The normalized spacial score (nSPS) is 12.2. The first-order valence-corrected chi connectivity index (χ1v) is 15.5.